The molecule has 2 aliphatic rings. The maximum Gasteiger partial charge on any atom is 0.263 e. The van der Waals surface area contributed by atoms with Crippen LogP contribution in [0.3, 0.4) is 0 Å². The number of nitrogens with zero attached hydrogens (tertiary/aromatic N) is 4. The number of aromatic nitrogens is 4. The van der Waals surface area contributed by atoms with Gasteiger partial charge in [-0.05, 0) is 49.1 Å². The van der Waals surface area contributed by atoms with E-state index < -0.39 is 0 Å². The Balaban J connectivity index is 1.75. The summed E-state index contributed by atoms with van der Waals surface area (Å²) in [6.07, 6.45) is 8.32. The Morgan fingerprint density at radius 3 is 2.60 bits per heavy atom. The van der Waals surface area contributed by atoms with Crippen molar-refractivity contribution in [2.24, 2.45) is 0 Å². The summed E-state index contributed by atoms with van der Waals surface area (Å²) < 4.78 is 9.22. The van der Waals surface area contributed by atoms with Gasteiger partial charge in [-0.2, -0.15) is 0 Å². The van der Waals surface area contributed by atoms with Crippen LogP contribution >= 0.6 is 11.8 Å². The minimum Gasteiger partial charge on any atom is -0.497 e. The molecule has 2 heterocycles. The SMILES string of the molecule is C=CCSc1nnc2n(-c3ccc(OC)cc3)c(=O)c3c(n12)-c1ccccc1CC31CCCCC1. The largest absolute Gasteiger partial charge is 0.497 e. The van der Waals surface area contributed by atoms with Crippen LogP contribution in [0.5, 0.6) is 5.75 Å². The number of fused-ring (bicyclic) bond motifs is 6. The van der Waals surface area contributed by atoms with Crippen molar-refractivity contribution in [1.82, 2.24) is 19.2 Å². The molecule has 6 nitrogen and oxygen atoms in total. The molecule has 0 saturated heterocycles. The molecule has 0 aliphatic heterocycles. The molecule has 1 spiro atoms. The first-order valence-electron chi connectivity index (χ1n) is 12.2. The molecule has 1 fully saturated rings. The number of methoxy groups -OCH3 is 1. The van der Waals surface area contributed by atoms with Gasteiger partial charge in [0.05, 0.1) is 18.5 Å². The molecule has 7 heteroatoms. The summed E-state index contributed by atoms with van der Waals surface area (Å²) in [6.45, 7) is 3.88. The normalized spacial score (nSPS) is 16.1. The van der Waals surface area contributed by atoms with Gasteiger partial charge in [-0.15, -0.1) is 16.8 Å². The molecule has 0 radical (unpaired) electrons. The highest BCUT2D eigenvalue weighted by atomic mass is 32.2. The molecule has 2 aromatic heterocycles. The Labute approximate surface area is 208 Å². The van der Waals surface area contributed by atoms with Crippen molar-refractivity contribution in [2.75, 3.05) is 12.9 Å². The number of benzene rings is 2. The third-order valence-corrected chi connectivity index (χ3v) is 8.42. The summed E-state index contributed by atoms with van der Waals surface area (Å²) in [7, 11) is 1.64. The quantitative estimate of drug-likeness (QED) is 0.273. The van der Waals surface area contributed by atoms with Crippen LogP contribution in [-0.4, -0.2) is 32.0 Å². The first kappa shape index (κ1) is 22.2. The Morgan fingerprint density at radius 1 is 1.09 bits per heavy atom. The Kier molecular flexibility index (Phi) is 5.52. The minimum absolute atomic E-state index is 0.0155. The molecule has 178 valence electrons. The van der Waals surface area contributed by atoms with Gasteiger partial charge in [-0.25, -0.2) is 4.57 Å². The molecule has 35 heavy (non-hydrogen) atoms. The molecule has 6 rings (SSSR count). The van der Waals surface area contributed by atoms with Crippen molar-refractivity contribution >= 4 is 17.5 Å². The van der Waals surface area contributed by atoms with E-state index in [-0.39, 0.29) is 11.0 Å². The average molecular weight is 485 g/mol. The molecule has 0 N–H and O–H groups in total. The Hall–Kier alpha value is -3.32. The van der Waals surface area contributed by atoms with E-state index in [1.165, 1.54) is 12.0 Å². The molecule has 0 amide bonds. The van der Waals surface area contributed by atoms with Gasteiger partial charge in [0.25, 0.3) is 5.56 Å². The maximum atomic E-state index is 14.5. The first-order valence-corrected chi connectivity index (χ1v) is 13.2. The summed E-state index contributed by atoms with van der Waals surface area (Å²) in [5.74, 6) is 1.99. The minimum atomic E-state index is -0.175. The van der Waals surface area contributed by atoms with Gasteiger partial charge in [0.15, 0.2) is 5.16 Å². The van der Waals surface area contributed by atoms with E-state index in [1.54, 1.807) is 23.4 Å². The molecule has 0 bridgehead atoms. The number of hydrogen-bond acceptors (Lipinski definition) is 5. The Morgan fingerprint density at radius 2 is 1.86 bits per heavy atom. The van der Waals surface area contributed by atoms with Crippen molar-refractivity contribution in [3.8, 4) is 22.7 Å². The molecule has 2 aliphatic carbocycles. The second-order valence-corrected chi connectivity index (χ2v) is 10.4. The van der Waals surface area contributed by atoms with Crippen molar-refractivity contribution in [3.05, 3.63) is 82.7 Å². The zero-order valence-corrected chi connectivity index (χ0v) is 20.7. The van der Waals surface area contributed by atoms with Gasteiger partial charge in [0.2, 0.25) is 5.78 Å². The van der Waals surface area contributed by atoms with Crippen LogP contribution in [0.15, 0.2) is 71.1 Å². The number of rotatable bonds is 5. The highest BCUT2D eigenvalue weighted by Crippen LogP contribution is 2.49. The zero-order chi connectivity index (χ0) is 24.0. The van der Waals surface area contributed by atoms with Crippen LogP contribution in [0.25, 0.3) is 22.7 Å². The lowest BCUT2D eigenvalue weighted by atomic mass is 9.62. The van der Waals surface area contributed by atoms with E-state index in [9.17, 15) is 4.79 Å². The predicted octanol–water partition coefficient (Wildman–Crippen LogP) is 5.59. The molecular formula is C28H28N4O2S. The van der Waals surface area contributed by atoms with Crippen molar-refractivity contribution < 1.29 is 4.74 Å². The summed E-state index contributed by atoms with van der Waals surface area (Å²) >= 11 is 1.59. The topological polar surface area (TPSA) is 61.4 Å². The van der Waals surface area contributed by atoms with Crippen LogP contribution < -0.4 is 10.3 Å². The van der Waals surface area contributed by atoms with Crippen LogP contribution in [-0.2, 0) is 11.8 Å². The molecule has 0 unspecified atom stereocenters. The molecule has 2 aromatic carbocycles. The number of ether oxygens (including phenoxy) is 1. The summed E-state index contributed by atoms with van der Waals surface area (Å²) in [5, 5.41) is 9.89. The fourth-order valence-corrected chi connectivity index (χ4v) is 6.62. The van der Waals surface area contributed by atoms with Gasteiger partial charge in [0.1, 0.15) is 5.75 Å². The lowest BCUT2D eigenvalue weighted by molar-refractivity contribution is 0.284. The van der Waals surface area contributed by atoms with E-state index in [4.69, 9.17) is 4.74 Å². The van der Waals surface area contributed by atoms with Crippen molar-refractivity contribution in [3.63, 3.8) is 0 Å². The van der Waals surface area contributed by atoms with Gasteiger partial charge in [-0.3, -0.25) is 9.20 Å². The van der Waals surface area contributed by atoms with E-state index in [0.717, 1.165) is 65.5 Å². The van der Waals surface area contributed by atoms with E-state index in [2.05, 4.69) is 45.4 Å². The van der Waals surface area contributed by atoms with Gasteiger partial charge >= 0.3 is 0 Å². The molecule has 4 aromatic rings. The lowest BCUT2D eigenvalue weighted by Crippen LogP contribution is -2.43. The van der Waals surface area contributed by atoms with Crippen LogP contribution in [0.2, 0.25) is 0 Å². The molecule has 1 saturated carbocycles. The monoisotopic (exact) mass is 484 g/mol. The van der Waals surface area contributed by atoms with Crippen LogP contribution in [0, 0.1) is 0 Å². The second kappa shape index (κ2) is 8.72. The third kappa shape index (κ3) is 3.44. The predicted molar refractivity (Wildman–Crippen MR) is 140 cm³/mol. The maximum absolute atomic E-state index is 14.5. The molecule has 0 atom stereocenters. The lowest BCUT2D eigenvalue weighted by Gasteiger charge is -2.42. The summed E-state index contributed by atoms with van der Waals surface area (Å²) in [5.41, 5.74) is 4.91. The fraction of sp³-hybridized carbons (Fsp3) is 0.321. The summed E-state index contributed by atoms with van der Waals surface area (Å²) in [6, 6.07) is 16.1. The van der Waals surface area contributed by atoms with E-state index in [0.29, 0.717) is 11.5 Å². The average Bonchev–Trinajstić information content (AvgIpc) is 3.31. The fourth-order valence-electron chi connectivity index (χ4n) is 5.96. The number of hydrogen-bond donors (Lipinski definition) is 0. The third-order valence-electron chi connectivity index (χ3n) is 7.50. The van der Waals surface area contributed by atoms with Gasteiger partial charge in [0, 0.05) is 22.3 Å². The van der Waals surface area contributed by atoms with Crippen LogP contribution in [0.4, 0.5) is 0 Å². The van der Waals surface area contributed by atoms with Gasteiger partial charge < -0.3 is 4.74 Å². The van der Waals surface area contributed by atoms with Crippen LogP contribution in [0.1, 0.15) is 43.2 Å². The van der Waals surface area contributed by atoms with Gasteiger partial charge in [-0.1, -0.05) is 61.4 Å². The Bertz CT molecular complexity index is 1480. The zero-order valence-electron chi connectivity index (χ0n) is 19.9. The molecular weight excluding hydrogens is 456 g/mol. The first-order chi connectivity index (χ1) is 17.2. The second-order valence-electron chi connectivity index (χ2n) is 9.45. The smallest absolute Gasteiger partial charge is 0.263 e. The van der Waals surface area contributed by atoms with Crippen molar-refractivity contribution in [1.29, 1.82) is 0 Å². The van der Waals surface area contributed by atoms with Crippen molar-refractivity contribution in [2.45, 2.75) is 49.1 Å². The highest BCUT2D eigenvalue weighted by molar-refractivity contribution is 7.99. The van der Waals surface area contributed by atoms with E-state index in [1.807, 2.05) is 30.3 Å². The van der Waals surface area contributed by atoms with E-state index >= 15 is 0 Å². The highest BCUT2D eigenvalue weighted by Gasteiger charge is 2.44. The number of thioether (sulfide) groups is 1. The standard InChI is InChI=1S/C28H28N4O2S/c1-3-17-35-27-30-29-26-31(20-11-13-21(34-2)14-12-20)25(33)23-24(32(26)27)22-10-6-5-9-19(22)18-28(23)15-7-4-8-16-28/h3,5-6,9-14H,1,4,7-8,15-18H2,2H3. The summed E-state index contributed by atoms with van der Waals surface area (Å²) in [4.78, 5) is 14.5.